The van der Waals surface area contributed by atoms with Gasteiger partial charge in [-0.25, -0.2) is 4.98 Å². The van der Waals surface area contributed by atoms with Crippen LogP contribution in [0.25, 0.3) is 11.0 Å². The molecule has 1 amide bonds. The van der Waals surface area contributed by atoms with Crippen molar-refractivity contribution in [2.45, 2.75) is 38.1 Å². The number of nitrogens with zero attached hydrogens (tertiary/aromatic N) is 3. The summed E-state index contributed by atoms with van der Waals surface area (Å²) in [5, 5.41) is 12.4. The van der Waals surface area contributed by atoms with Crippen molar-refractivity contribution in [3.8, 4) is 0 Å². The molecule has 43 heavy (non-hydrogen) atoms. The van der Waals surface area contributed by atoms with Gasteiger partial charge in [-0.3, -0.25) is 14.7 Å². The molecule has 1 aliphatic heterocycles. The molecule has 0 spiro atoms. The highest BCUT2D eigenvalue weighted by Crippen LogP contribution is 2.38. The topological polar surface area (TPSA) is 96.8 Å². The zero-order chi connectivity index (χ0) is 29.6. The second kappa shape index (κ2) is 13.2. The van der Waals surface area contributed by atoms with Crippen LogP contribution in [0.15, 0.2) is 109 Å². The zero-order valence-electron chi connectivity index (χ0n) is 24.0. The molecular formula is C35H34N4O4. The fourth-order valence-electron chi connectivity index (χ4n) is 5.33. The second-order valence-corrected chi connectivity index (χ2v) is 10.9. The summed E-state index contributed by atoms with van der Waals surface area (Å²) in [6, 6.07) is 33.2. The molecule has 8 heteroatoms. The Bertz CT molecular complexity index is 1660. The van der Waals surface area contributed by atoms with Gasteiger partial charge in [0, 0.05) is 30.8 Å². The van der Waals surface area contributed by atoms with Gasteiger partial charge >= 0.3 is 0 Å². The van der Waals surface area contributed by atoms with Gasteiger partial charge in [0.2, 0.25) is 0 Å². The number of aromatic nitrogens is 2. The predicted octanol–water partition coefficient (Wildman–Crippen LogP) is 6.05. The number of nitrogens with one attached hydrogen (secondary N) is 1. The number of para-hydroxylation sites is 2. The number of anilines is 1. The number of rotatable bonds is 9. The summed E-state index contributed by atoms with van der Waals surface area (Å²) in [5.41, 5.74) is 6.30. The van der Waals surface area contributed by atoms with Crippen molar-refractivity contribution >= 4 is 22.6 Å². The van der Waals surface area contributed by atoms with Crippen molar-refractivity contribution in [3.63, 3.8) is 0 Å². The van der Waals surface area contributed by atoms with Crippen LogP contribution >= 0.6 is 0 Å². The van der Waals surface area contributed by atoms with Gasteiger partial charge in [0.25, 0.3) is 5.91 Å². The highest BCUT2D eigenvalue weighted by Gasteiger charge is 2.32. The fourth-order valence-corrected chi connectivity index (χ4v) is 5.33. The average molecular weight is 575 g/mol. The molecule has 3 unspecified atom stereocenters. The summed E-state index contributed by atoms with van der Waals surface area (Å²) < 4.78 is 13.0. The minimum Gasteiger partial charge on any atom is -0.392 e. The van der Waals surface area contributed by atoms with E-state index in [0.29, 0.717) is 17.6 Å². The van der Waals surface area contributed by atoms with Crippen molar-refractivity contribution in [2.24, 2.45) is 0 Å². The number of benzene rings is 4. The average Bonchev–Trinajstić information content (AvgIpc) is 3.05. The number of hydrogen-bond donors (Lipinski definition) is 2. The maximum absolute atomic E-state index is 12.9. The first-order chi connectivity index (χ1) is 21.0. The molecule has 218 valence electrons. The standard InChI is InChI=1S/C35H34N4O4/c1-39(21-24-7-3-2-4-8-24)22-29-19-33(26-13-11-25(23-40)12-14-26)43-35(42-29)27-15-17-28(18-16-27)37-34(41)32-20-36-30-9-5-6-10-31(30)38-32/h2-18,20,29,33,35,40H,19,21-23H2,1H3,(H,37,41). The minimum absolute atomic E-state index is 0.000765. The predicted molar refractivity (Wildman–Crippen MR) is 165 cm³/mol. The van der Waals surface area contributed by atoms with Crippen LogP contribution in [0.4, 0.5) is 5.69 Å². The smallest absolute Gasteiger partial charge is 0.275 e. The Morgan fingerprint density at radius 3 is 2.30 bits per heavy atom. The lowest BCUT2D eigenvalue weighted by atomic mass is 9.99. The van der Waals surface area contributed by atoms with E-state index in [2.05, 4.69) is 51.5 Å². The molecule has 1 aromatic heterocycles. The third-order valence-electron chi connectivity index (χ3n) is 7.55. The van der Waals surface area contributed by atoms with Gasteiger partial charge in [0.1, 0.15) is 5.69 Å². The Hall–Kier alpha value is -4.47. The maximum Gasteiger partial charge on any atom is 0.275 e. The number of hydrogen-bond acceptors (Lipinski definition) is 7. The van der Waals surface area contributed by atoms with Crippen LogP contribution in [0.2, 0.25) is 0 Å². The maximum atomic E-state index is 12.9. The van der Waals surface area contributed by atoms with Crippen molar-refractivity contribution in [3.05, 3.63) is 137 Å². The number of aliphatic hydroxyl groups is 1. The number of carbonyl (C=O) groups is 1. The molecule has 0 bridgehead atoms. The van der Waals surface area contributed by atoms with Gasteiger partial charge in [0.15, 0.2) is 6.29 Å². The Balaban J connectivity index is 1.16. The summed E-state index contributed by atoms with van der Waals surface area (Å²) in [5.74, 6) is -0.330. The Morgan fingerprint density at radius 2 is 1.56 bits per heavy atom. The lowest BCUT2D eigenvalue weighted by molar-refractivity contribution is -0.252. The lowest BCUT2D eigenvalue weighted by Gasteiger charge is -2.38. The molecule has 0 radical (unpaired) electrons. The number of ether oxygens (including phenoxy) is 2. The van der Waals surface area contributed by atoms with Crippen LogP contribution in [0.5, 0.6) is 0 Å². The van der Waals surface area contributed by atoms with E-state index in [1.807, 2.05) is 78.9 Å². The lowest BCUT2D eigenvalue weighted by Crippen LogP contribution is -2.37. The normalized spacial score (nSPS) is 18.5. The summed E-state index contributed by atoms with van der Waals surface area (Å²) in [6.45, 7) is 1.56. The molecule has 5 aromatic rings. The SMILES string of the molecule is CN(Cc1ccccc1)CC1CC(c2ccc(CO)cc2)OC(c2ccc(NC(=O)c3cnc4ccccc4n3)cc2)O1. The minimum atomic E-state index is -0.581. The van der Waals surface area contributed by atoms with Crippen LogP contribution in [0, 0.1) is 0 Å². The largest absolute Gasteiger partial charge is 0.392 e. The molecule has 1 aliphatic rings. The van der Waals surface area contributed by atoms with Gasteiger partial charge in [0.05, 0.1) is 36.0 Å². The Labute approximate surface area is 250 Å². The molecule has 4 aromatic carbocycles. The summed E-state index contributed by atoms with van der Waals surface area (Å²) in [4.78, 5) is 23.9. The third kappa shape index (κ3) is 7.13. The molecule has 1 fully saturated rings. The fraction of sp³-hybridized carbons (Fsp3) is 0.229. The molecular weight excluding hydrogens is 540 g/mol. The molecule has 2 N–H and O–H groups in total. The molecule has 8 nitrogen and oxygen atoms in total. The van der Waals surface area contributed by atoms with E-state index in [9.17, 15) is 9.90 Å². The Morgan fingerprint density at radius 1 is 0.860 bits per heavy atom. The highest BCUT2D eigenvalue weighted by molar-refractivity contribution is 6.03. The van der Waals surface area contributed by atoms with Crippen molar-refractivity contribution in [1.29, 1.82) is 0 Å². The summed E-state index contributed by atoms with van der Waals surface area (Å²) in [7, 11) is 2.10. The molecule has 2 heterocycles. The van der Waals surface area contributed by atoms with Gasteiger partial charge in [-0.15, -0.1) is 0 Å². The number of carbonyl (C=O) groups excluding carboxylic acids is 1. The van der Waals surface area contributed by atoms with E-state index >= 15 is 0 Å². The monoisotopic (exact) mass is 574 g/mol. The molecule has 1 saturated heterocycles. The van der Waals surface area contributed by atoms with Crippen LogP contribution in [-0.2, 0) is 22.6 Å². The highest BCUT2D eigenvalue weighted by atomic mass is 16.7. The first kappa shape index (κ1) is 28.6. The van der Waals surface area contributed by atoms with Gasteiger partial charge in [-0.05, 0) is 48.0 Å². The quantitative estimate of drug-likeness (QED) is 0.221. The third-order valence-corrected chi connectivity index (χ3v) is 7.55. The van der Waals surface area contributed by atoms with Crippen LogP contribution < -0.4 is 5.32 Å². The van der Waals surface area contributed by atoms with E-state index in [-0.39, 0.29) is 30.4 Å². The number of amides is 1. The Kier molecular flexibility index (Phi) is 8.81. The van der Waals surface area contributed by atoms with E-state index in [1.54, 1.807) is 0 Å². The van der Waals surface area contributed by atoms with Gasteiger partial charge in [-0.2, -0.15) is 0 Å². The van der Waals surface area contributed by atoms with Crippen LogP contribution in [0.3, 0.4) is 0 Å². The van der Waals surface area contributed by atoms with Crippen molar-refractivity contribution in [2.75, 3.05) is 18.9 Å². The number of fused-ring (bicyclic) bond motifs is 1. The van der Waals surface area contributed by atoms with Gasteiger partial charge < -0.3 is 19.9 Å². The van der Waals surface area contributed by atoms with E-state index in [1.165, 1.54) is 11.8 Å². The first-order valence-electron chi connectivity index (χ1n) is 14.4. The van der Waals surface area contributed by atoms with Crippen LogP contribution in [-0.4, -0.2) is 45.6 Å². The van der Waals surface area contributed by atoms with E-state index in [0.717, 1.165) is 35.3 Å². The second-order valence-electron chi connectivity index (χ2n) is 10.9. The first-order valence-corrected chi connectivity index (χ1v) is 14.4. The van der Waals surface area contributed by atoms with Gasteiger partial charge in [-0.1, -0.05) is 78.9 Å². The molecule has 3 atom stereocenters. The van der Waals surface area contributed by atoms with Crippen molar-refractivity contribution < 1.29 is 19.4 Å². The summed E-state index contributed by atoms with van der Waals surface area (Å²) in [6.07, 6.45) is 1.36. The summed E-state index contributed by atoms with van der Waals surface area (Å²) >= 11 is 0. The van der Waals surface area contributed by atoms with E-state index in [4.69, 9.17) is 9.47 Å². The molecule has 0 saturated carbocycles. The molecule has 0 aliphatic carbocycles. The van der Waals surface area contributed by atoms with E-state index < -0.39 is 6.29 Å². The number of aliphatic hydroxyl groups excluding tert-OH is 1. The van der Waals surface area contributed by atoms with Crippen LogP contribution in [0.1, 0.15) is 51.6 Å². The molecule has 6 rings (SSSR count). The number of likely N-dealkylation sites (N-methyl/N-ethyl adjacent to an activating group) is 1. The van der Waals surface area contributed by atoms with Crippen molar-refractivity contribution in [1.82, 2.24) is 14.9 Å². The zero-order valence-corrected chi connectivity index (χ0v) is 24.0.